The molecule has 108 valence electrons. The molecule has 0 fully saturated rings. The van der Waals surface area contributed by atoms with Crippen LogP contribution < -0.4 is 5.32 Å². The van der Waals surface area contributed by atoms with Crippen LogP contribution in [0.15, 0.2) is 36.4 Å². The SMILES string of the molecule is O=C(Nc1ccc(O)cc1Cl)c1cc(Cl)cc([N+](=O)[O-])c1. The summed E-state index contributed by atoms with van der Waals surface area (Å²) in [5, 5.41) is 22.7. The molecule has 6 nitrogen and oxygen atoms in total. The number of halogens is 2. The molecule has 2 aromatic carbocycles. The lowest BCUT2D eigenvalue weighted by molar-refractivity contribution is -0.384. The minimum atomic E-state index is -0.643. The first-order chi connectivity index (χ1) is 9.86. The van der Waals surface area contributed by atoms with E-state index >= 15 is 0 Å². The number of hydrogen-bond donors (Lipinski definition) is 2. The molecular weight excluding hydrogens is 319 g/mol. The Morgan fingerprint density at radius 3 is 2.52 bits per heavy atom. The topological polar surface area (TPSA) is 92.5 Å². The van der Waals surface area contributed by atoms with Crippen molar-refractivity contribution in [2.45, 2.75) is 0 Å². The predicted octanol–water partition coefficient (Wildman–Crippen LogP) is 3.86. The lowest BCUT2D eigenvalue weighted by Gasteiger charge is -2.08. The number of phenolic OH excluding ortho intramolecular Hbond substituents is 1. The highest BCUT2D eigenvalue weighted by atomic mass is 35.5. The van der Waals surface area contributed by atoms with E-state index in [4.69, 9.17) is 23.2 Å². The molecule has 0 aliphatic rings. The van der Waals surface area contributed by atoms with Crippen molar-refractivity contribution < 1.29 is 14.8 Å². The van der Waals surface area contributed by atoms with E-state index in [1.165, 1.54) is 24.3 Å². The number of nitro benzene ring substituents is 1. The van der Waals surface area contributed by atoms with Gasteiger partial charge in [-0.25, -0.2) is 0 Å². The predicted molar refractivity (Wildman–Crippen MR) is 79.2 cm³/mol. The number of non-ortho nitro benzene ring substituents is 1. The second-order valence-electron chi connectivity index (χ2n) is 4.07. The molecule has 0 atom stereocenters. The van der Waals surface area contributed by atoms with Crippen molar-refractivity contribution in [3.8, 4) is 5.75 Å². The Bertz CT molecular complexity index is 734. The van der Waals surface area contributed by atoms with E-state index in [-0.39, 0.29) is 32.7 Å². The highest BCUT2D eigenvalue weighted by Crippen LogP contribution is 2.27. The number of nitrogens with one attached hydrogen (secondary N) is 1. The molecule has 2 aromatic rings. The third-order valence-corrected chi connectivity index (χ3v) is 3.09. The van der Waals surface area contributed by atoms with Crippen LogP contribution in [0.2, 0.25) is 10.0 Å². The number of amides is 1. The van der Waals surface area contributed by atoms with Crippen LogP contribution in [0.3, 0.4) is 0 Å². The van der Waals surface area contributed by atoms with Gasteiger partial charge in [-0.2, -0.15) is 0 Å². The highest BCUT2D eigenvalue weighted by molar-refractivity contribution is 6.34. The lowest BCUT2D eigenvalue weighted by atomic mass is 10.2. The Morgan fingerprint density at radius 1 is 1.19 bits per heavy atom. The van der Waals surface area contributed by atoms with Crippen LogP contribution in [-0.4, -0.2) is 15.9 Å². The van der Waals surface area contributed by atoms with Crippen LogP contribution in [0.1, 0.15) is 10.4 Å². The van der Waals surface area contributed by atoms with Gasteiger partial charge in [-0.05, 0) is 18.2 Å². The number of rotatable bonds is 3. The van der Waals surface area contributed by atoms with Gasteiger partial charge in [0.05, 0.1) is 15.6 Å². The summed E-state index contributed by atoms with van der Waals surface area (Å²) in [6, 6.07) is 7.58. The summed E-state index contributed by atoms with van der Waals surface area (Å²) >= 11 is 11.6. The van der Waals surface area contributed by atoms with Crippen molar-refractivity contribution in [2.24, 2.45) is 0 Å². The van der Waals surface area contributed by atoms with Crippen molar-refractivity contribution in [3.05, 3.63) is 62.1 Å². The summed E-state index contributed by atoms with van der Waals surface area (Å²) in [6.07, 6.45) is 0. The smallest absolute Gasteiger partial charge is 0.271 e. The number of benzene rings is 2. The number of phenols is 1. The highest BCUT2D eigenvalue weighted by Gasteiger charge is 2.15. The van der Waals surface area contributed by atoms with Gasteiger partial charge in [-0.3, -0.25) is 14.9 Å². The van der Waals surface area contributed by atoms with E-state index < -0.39 is 10.8 Å². The summed E-state index contributed by atoms with van der Waals surface area (Å²) in [6.45, 7) is 0. The quantitative estimate of drug-likeness (QED) is 0.508. The van der Waals surface area contributed by atoms with Crippen LogP contribution in [0.4, 0.5) is 11.4 Å². The second-order valence-corrected chi connectivity index (χ2v) is 4.92. The normalized spacial score (nSPS) is 10.2. The molecule has 1 amide bonds. The van der Waals surface area contributed by atoms with E-state index in [0.29, 0.717) is 0 Å². The first-order valence-corrected chi connectivity index (χ1v) is 6.37. The fourth-order valence-electron chi connectivity index (χ4n) is 1.61. The van der Waals surface area contributed by atoms with Crippen molar-refractivity contribution in [1.29, 1.82) is 0 Å². The van der Waals surface area contributed by atoms with Gasteiger partial charge < -0.3 is 10.4 Å². The van der Waals surface area contributed by atoms with Crippen LogP contribution in [0.5, 0.6) is 5.75 Å². The van der Waals surface area contributed by atoms with Crippen LogP contribution in [0.25, 0.3) is 0 Å². The number of nitro groups is 1. The Labute approximate surface area is 129 Å². The number of hydrogen-bond acceptors (Lipinski definition) is 4. The molecule has 0 saturated carbocycles. The summed E-state index contributed by atoms with van der Waals surface area (Å²) in [5.41, 5.74) is 0.00453. The first-order valence-electron chi connectivity index (χ1n) is 5.61. The van der Waals surface area contributed by atoms with E-state index in [9.17, 15) is 20.0 Å². The van der Waals surface area contributed by atoms with Crippen LogP contribution >= 0.6 is 23.2 Å². The van der Waals surface area contributed by atoms with Crippen LogP contribution in [0, 0.1) is 10.1 Å². The molecule has 0 spiro atoms. The Kier molecular flexibility index (Phi) is 4.30. The molecule has 0 aromatic heterocycles. The van der Waals surface area contributed by atoms with Crippen molar-refractivity contribution >= 4 is 40.5 Å². The molecule has 0 bridgehead atoms. The third-order valence-electron chi connectivity index (χ3n) is 2.56. The molecule has 0 aliphatic carbocycles. The maximum absolute atomic E-state index is 12.1. The lowest BCUT2D eigenvalue weighted by Crippen LogP contribution is -2.12. The fraction of sp³-hybridized carbons (Fsp3) is 0. The van der Waals surface area contributed by atoms with Crippen molar-refractivity contribution in [2.75, 3.05) is 5.32 Å². The molecule has 8 heteroatoms. The summed E-state index contributed by atoms with van der Waals surface area (Å²) in [5.74, 6) is -0.649. The zero-order valence-electron chi connectivity index (χ0n) is 10.3. The molecule has 2 N–H and O–H groups in total. The van der Waals surface area contributed by atoms with Gasteiger partial charge >= 0.3 is 0 Å². The van der Waals surface area contributed by atoms with E-state index in [0.717, 1.165) is 12.1 Å². The third kappa shape index (κ3) is 3.62. The zero-order valence-corrected chi connectivity index (χ0v) is 11.9. The van der Waals surface area contributed by atoms with Gasteiger partial charge in [0.2, 0.25) is 0 Å². The second kappa shape index (κ2) is 5.99. The largest absolute Gasteiger partial charge is 0.508 e. The number of carbonyl (C=O) groups is 1. The molecule has 0 aliphatic heterocycles. The zero-order chi connectivity index (χ0) is 15.6. The number of nitrogens with zero attached hydrogens (tertiary/aromatic N) is 1. The van der Waals surface area contributed by atoms with Gasteiger partial charge in [-0.1, -0.05) is 23.2 Å². The Morgan fingerprint density at radius 2 is 1.90 bits per heavy atom. The number of carbonyl (C=O) groups excluding carboxylic acids is 1. The molecule has 2 rings (SSSR count). The Hall–Kier alpha value is -2.31. The van der Waals surface area contributed by atoms with Gasteiger partial charge in [0.15, 0.2) is 0 Å². The first kappa shape index (κ1) is 15.1. The summed E-state index contributed by atoms with van der Waals surface area (Å²) in [7, 11) is 0. The van der Waals surface area contributed by atoms with Gasteiger partial charge in [-0.15, -0.1) is 0 Å². The molecule has 0 radical (unpaired) electrons. The summed E-state index contributed by atoms with van der Waals surface area (Å²) in [4.78, 5) is 22.2. The van der Waals surface area contributed by atoms with Crippen molar-refractivity contribution in [1.82, 2.24) is 0 Å². The van der Waals surface area contributed by atoms with Crippen molar-refractivity contribution in [3.63, 3.8) is 0 Å². The molecular formula is C13H8Cl2N2O4. The monoisotopic (exact) mass is 326 g/mol. The molecule has 0 heterocycles. The van der Waals surface area contributed by atoms with Crippen LogP contribution in [-0.2, 0) is 0 Å². The minimum absolute atomic E-state index is 0.0262. The Balaban J connectivity index is 2.30. The average Bonchev–Trinajstić information content (AvgIpc) is 2.41. The van der Waals surface area contributed by atoms with Gasteiger partial charge in [0.1, 0.15) is 5.75 Å². The molecule has 21 heavy (non-hydrogen) atoms. The molecule has 0 saturated heterocycles. The standard InChI is InChI=1S/C13H8Cl2N2O4/c14-8-3-7(4-9(5-8)17(20)21)13(19)16-12-2-1-10(18)6-11(12)15/h1-6,18H,(H,16,19). The van der Waals surface area contributed by atoms with Gasteiger partial charge in [0, 0.05) is 28.8 Å². The van der Waals surface area contributed by atoms with Gasteiger partial charge in [0.25, 0.3) is 11.6 Å². The number of aromatic hydroxyl groups is 1. The number of anilines is 1. The maximum Gasteiger partial charge on any atom is 0.271 e. The van der Waals surface area contributed by atoms with E-state index in [1.54, 1.807) is 0 Å². The fourth-order valence-corrected chi connectivity index (χ4v) is 2.06. The summed E-state index contributed by atoms with van der Waals surface area (Å²) < 4.78 is 0. The van der Waals surface area contributed by atoms with E-state index in [2.05, 4.69) is 5.32 Å². The average molecular weight is 327 g/mol. The van der Waals surface area contributed by atoms with E-state index in [1.807, 2.05) is 0 Å². The minimum Gasteiger partial charge on any atom is -0.508 e. The maximum atomic E-state index is 12.1. The molecule has 0 unspecified atom stereocenters.